The molecule has 1 aliphatic heterocycles. The van der Waals surface area contributed by atoms with E-state index in [1.807, 2.05) is 0 Å². The maximum Gasteiger partial charge on any atom is 0.0544 e. The normalized spacial score (nSPS) is 26.8. The van der Waals surface area contributed by atoms with Gasteiger partial charge in [-0.15, -0.1) is 0 Å². The standard InChI is InChI=1S/C16H11BrS/c17-15-7-3-6-14-13(15)8-9-16(14)18(10-11-18)12-4-1-2-5-12/h1-9,12,16H. The number of rotatable bonds is 2. The zero-order chi connectivity index (χ0) is 12.2. The molecular weight excluding hydrogens is 304 g/mol. The van der Waals surface area contributed by atoms with E-state index in [4.69, 9.17) is 0 Å². The Labute approximate surface area is 117 Å². The average Bonchev–Trinajstić information content (AvgIpc) is 2.84. The minimum Gasteiger partial charge on any atom is -0.0902 e. The molecule has 4 rings (SSSR count). The molecule has 3 aliphatic rings. The highest BCUT2D eigenvalue weighted by Gasteiger charge is 2.44. The maximum absolute atomic E-state index is 3.63. The Morgan fingerprint density at radius 1 is 1.06 bits per heavy atom. The van der Waals surface area contributed by atoms with Crippen molar-refractivity contribution in [2.24, 2.45) is 0 Å². The second-order valence-corrected chi connectivity index (χ2v) is 8.40. The van der Waals surface area contributed by atoms with Crippen LogP contribution in [0.2, 0.25) is 0 Å². The van der Waals surface area contributed by atoms with Crippen LogP contribution >= 0.6 is 26.0 Å². The third-order valence-corrected chi connectivity index (χ3v) is 7.46. The van der Waals surface area contributed by atoms with Gasteiger partial charge in [0, 0.05) is 9.72 Å². The summed E-state index contributed by atoms with van der Waals surface area (Å²) in [6.45, 7) is 0. The van der Waals surface area contributed by atoms with Crippen molar-refractivity contribution in [3.8, 4) is 10.5 Å². The Balaban J connectivity index is 1.77. The molecule has 2 heteroatoms. The monoisotopic (exact) mass is 314 g/mol. The SMILES string of the molecule is Brc1cccc2c1C=CC2S1(C2C=CC=C2)C#C1. The number of hydrogen-bond donors (Lipinski definition) is 0. The molecule has 0 radical (unpaired) electrons. The topological polar surface area (TPSA) is 0 Å². The number of fused-ring (bicyclic) bond motifs is 1. The summed E-state index contributed by atoms with van der Waals surface area (Å²) in [5, 5.41) is 7.87. The number of halogens is 1. The van der Waals surface area contributed by atoms with Gasteiger partial charge in [-0.1, -0.05) is 74.5 Å². The minimum atomic E-state index is -1.000. The average molecular weight is 315 g/mol. The molecule has 1 aromatic carbocycles. The van der Waals surface area contributed by atoms with Gasteiger partial charge in [-0.25, -0.2) is 0 Å². The van der Waals surface area contributed by atoms with E-state index in [1.165, 1.54) is 15.6 Å². The fourth-order valence-electron chi connectivity index (χ4n) is 2.73. The van der Waals surface area contributed by atoms with Crippen molar-refractivity contribution in [2.45, 2.75) is 10.5 Å². The lowest BCUT2D eigenvalue weighted by Gasteiger charge is -2.30. The lowest BCUT2D eigenvalue weighted by molar-refractivity contribution is 1.23. The first-order chi connectivity index (χ1) is 8.81. The Hall–Kier alpha value is -1.17. The van der Waals surface area contributed by atoms with Crippen LogP contribution in [-0.2, 0) is 0 Å². The molecule has 1 atom stereocenters. The van der Waals surface area contributed by atoms with Crippen LogP contribution in [0.15, 0.2) is 53.1 Å². The van der Waals surface area contributed by atoms with Gasteiger partial charge in [-0.2, -0.15) is 0 Å². The number of allylic oxidation sites excluding steroid dienone is 2. The Bertz CT molecular complexity index is 665. The van der Waals surface area contributed by atoms with E-state index in [2.05, 4.69) is 81.1 Å². The smallest absolute Gasteiger partial charge is 0.0544 e. The third kappa shape index (κ3) is 1.35. The van der Waals surface area contributed by atoms with Crippen molar-refractivity contribution in [1.29, 1.82) is 0 Å². The second-order valence-electron chi connectivity index (χ2n) is 4.67. The summed E-state index contributed by atoms with van der Waals surface area (Å²) < 4.78 is 1.19. The van der Waals surface area contributed by atoms with Crippen LogP contribution in [0.3, 0.4) is 0 Å². The van der Waals surface area contributed by atoms with Crippen LogP contribution in [-0.4, -0.2) is 5.25 Å². The summed E-state index contributed by atoms with van der Waals surface area (Å²) in [6, 6.07) is 6.47. The molecule has 18 heavy (non-hydrogen) atoms. The van der Waals surface area contributed by atoms with Gasteiger partial charge < -0.3 is 0 Å². The fourth-order valence-corrected chi connectivity index (χ4v) is 6.10. The Morgan fingerprint density at radius 3 is 2.56 bits per heavy atom. The van der Waals surface area contributed by atoms with Crippen molar-refractivity contribution in [2.75, 3.05) is 0 Å². The first kappa shape index (κ1) is 10.7. The Kier molecular flexibility index (Phi) is 2.18. The molecule has 0 fully saturated rings. The maximum atomic E-state index is 3.63. The molecule has 0 nitrogen and oxygen atoms in total. The van der Waals surface area contributed by atoms with Crippen LogP contribution < -0.4 is 0 Å². The van der Waals surface area contributed by atoms with E-state index in [0.717, 1.165) is 0 Å². The quantitative estimate of drug-likeness (QED) is 0.691. The molecule has 88 valence electrons. The van der Waals surface area contributed by atoms with E-state index in [1.54, 1.807) is 0 Å². The minimum absolute atomic E-state index is 0.461. The molecule has 0 bridgehead atoms. The summed E-state index contributed by atoms with van der Waals surface area (Å²) in [7, 11) is -1.000. The lowest BCUT2D eigenvalue weighted by Crippen LogP contribution is -2.09. The molecule has 0 aromatic heterocycles. The largest absolute Gasteiger partial charge is 0.0902 e. The van der Waals surface area contributed by atoms with Crippen molar-refractivity contribution in [3.05, 3.63) is 64.2 Å². The summed E-state index contributed by atoms with van der Waals surface area (Å²) in [6.07, 6.45) is 13.4. The zero-order valence-electron chi connectivity index (χ0n) is 9.64. The second kappa shape index (κ2) is 3.66. The van der Waals surface area contributed by atoms with Gasteiger partial charge >= 0.3 is 0 Å². The van der Waals surface area contributed by atoms with Crippen molar-refractivity contribution >= 4 is 32.0 Å². The molecule has 0 saturated carbocycles. The third-order valence-electron chi connectivity index (χ3n) is 3.71. The van der Waals surface area contributed by atoms with Gasteiger partial charge in [0.2, 0.25) is 0 Å². The molecule has 0 spiro atoms. The first-order valence-electron chi connectivity index (χ1n) is 5.97. The molecule has 0 amide bonds. The van der Waals surface area contributed by atoms with E-state index in [9.17, 15) is 0 Å². The molecule has 1 heterocycles. The highest BCUT2D eigenvalue weighted by atomic mass is 79.9. The van der Waals surface area contributed by atoms with E-state index in [0.29, 0.717) is 10.5 Å². The van der Waals surface area contributed by atoms with E-state index >= 15 is 0 Å². The predicted octanol–water partition coefficient (Wildman–Crippen LogP) is 4.75. The van der Waals surface area contributed by atoms with Gasteiger partial charge in [0.05, 0.1) is 5.25 Å². The van der Waals surface area contributed by atoms with Crippen LogP contribution in [0.1, 0.15) is 16.4 Å². The van der Waals surface area contributed by atoms with Crippen LogP contribution in [0.5, 0.6) is 0 Å². The Morgan fingerprint density at radius 2 is 1.83 bits per heavy atom. The van der Waals surface area contributed by atoms with Gasteiger partial charge in [-0.05, 0) is 27.7 Å². The van der Waals surface area contributed by atoms with E-state index in [-0.39, 0.29) is 0 Å². The van der Waals surface area contributed by atoms with Crippen molar-refractivity contribution in [3.63, 3.8) is 0 Å². The number of hydrogen-bond acceptors (Lipinski definition) is 0. The van der Waals surface area contributed by atoms with Crippen LogP contribution in [0.4, 0.5) is 0 Å². The van der Waals surface area contributed by atoms with Gasteiger partial charge in [0.15, 0.2) is 0 Å². The van der Waals surface area contributed by atoms with Crippen LogP contribution in [0, 0.1) is 10.5 Å². The van der Waals surface area contributed by atoms with Crippen LogP contribution in [0.25, 0.3) is 6.08 Å². The van der Waals surface area contributed by atoms with Crippen molar-refractivity contribution < 1.29 is 0 Å². The molecule has 2 aliphatic carbocycles. The summed E-state index contributed by atoms with van der Waals surface area (Å²) in [5.74, 6) is 0. The van der Waals surface area contributed by atoms with Crippen molar-refractivity contribution in [1.82, 2.24) is 0 Å². The molecule has 1 unspecified atom stereocenters. The summed E-state index contributed by atoms with van der Waals surface area (Å²) >= 11 is 3.63. The fraction of sp³-hybridized carbons (Fsp3) is 0.125. The lowest BCUT2D eigenvalue weighted by atomic mass is 10.1. The highest BCUT2D eigenvalue weighted by molar-refractivity contribution is 9.10. The van der Waals surface area contributed by atoms with Gasteiger partial charge in [0.25, 0.3) is 0 Å². The highest BCUT2D eigenvalue weighted by Crippen LogP contribution is 2.72. The predicted molar refractivity (Wildman–Crippen MR) is 83.4 cm³/mol. The summed E-state index contributed by atoms with van der Waals surface area (Å²) in [5.41, 5.74) is 2.75. The molecule has 1 aromatic rings. The van der Waals surface area contributed by atoms with E-state index < -0.39 is 10.0 Å². The zero-order valence-corrected chi connectivity index (χ0v) is 12.0. The number of benzene rings is 1. The van der Waals surface area contributed by atoms with Gasteiger partial charge in [-0.3, -0.25) is 0 Å². The molecule has 0 N–H and O–H groups in total. The van der Waals surface area contributed by atoms with Gasteiger partial charge in [0.1, 0.15) is 0 Å². The molecular formula is C16H11BrS. The molecule has 0 saturated heterocycles. The summed E-state index contributed by atoms with van der Waals surface area (Å²) in [4.78, 5) is 0. The first-order valence-corrected chi connectivity index (χ1v) is 8.53.